The summed E-state index contributed by atoms with van der Waals surface area (Å²) in [6.45, 7) is 6.50. The molecule has 2 amide bonds. The van der Waals surface area contributed by atoms with E-state index in [1.54, 1.807) is 31.7 Å². The minimum atomic E-state index is -4.55. The average molecular weight is 508 g/mol. The average Bonchev–Trinajstić information content (AvgIpc) is 2.81. The number of benzene rings is 2. The van der Waals surface area contributed by atoms with E-state index in [0.717, 1.165) is 11.6 Å². The highest BCUT2D eigenvalue weighted by molar-refractivity contribution is 5.69. The van der Waals surface area contributed by atoms with Gasteiger partial charge in [0.2, 0.25) is 0 Å². The van der Waals surface area contributed by atoms with Gasteiger partial charge in [-0.3, -0.25) is 0 Å². The van der Waals surface area contributed by atoms with Crippen molar-refractivity contribution in [2.75, 3.05) is 37.6 Å². The number of hydrogen-bond acceptors (Lipinski definition) is 5. The molecule has 0 atom stereocenters. The molecule has 2 aromatic rings. The molecule has 3 rings (SSSR count). The molecule has 0 radical (unpaired) electrons. The minimum Gasteiger partial charge on any atom is -0.445 e. The first-order valence-corrected chi connectivity index (χ1v) is 11.8. The lowest BCUT2D eigenvalue weighted by Gasteiger charge is -2.36. The Kier molecular flexibility index (Phi) is 8.70. The molecule has 1 saturated heterocycles. The number of alkyl halides is 3. The third kappa shape index (κ3) is 8.07. The maximum absolute atomic E-state index is 13.9. The SMILES string of the molecule is CC(C)(C)OC(=O)NCCc1ccc(N2CCN(C(=O)OCc3ccccc3)CC2)c(C(F)(F)F)c1. The number of alkyl carbamates (subject to hydrolysis) is 1. The van der Waals surface area contributed by atoms with Gasteiger partial charge in [-0.1, -0.05) is 36.4 Å². The molecule has 0 aliphatic carbocycles. The van der Waals surface area contributed by atoms with Crippen molar-refractivity contribution in [3.63, 3.8) is 0 Å². The predicted octanol–water partition coefficient (Wildman–Crippen LogP) is 5.23. The normalized spacial score (nSPS) is 14.4. The summed E-state index contributed by atoms with van der Waals surface area (Å²) >= 11 is 0. The first-order chi connectivity index (χ1) is 16.9. The van der Waals surface area contributed by atoms with Crippen molar-refractivity contribution < 1.29 is 32.2 Å². The molecule has 36 heavy (non-hydrogen) atoms. The summed E-state index contributed by atoms with van der Waals surface area (Å²) in [6, 6.07) is 13.5. The predicted molar refractivity (Wildman–Crippen MR) is 130 cm³/mol. The number of carbonyl (C=O) groups is 2. The van der Waals surface area contributed by atoms with E-state index in [2.05, 4.69) is 5.32 Å². The van der Waals surface area contributed by atoms with Crippen molar-refractivity contribution in [3.8, 4) is 0 Å². The maximum atomic E-state index is 13.9. The fourth-order valence-electron chi connectivity index (χ4n) is 3.81. The van der Waals surface area contributed by atoms with Crippen LogP contribution in [-0.2, 0) is 28.7 Å². The number of rotatable bonds is 6. The Labute approximate surface area is 209 Å². The number of anilines is 1. The molecule has 7 nitrogen and oxygen atoms in total. The molecule has 0 spiro atoms. The number of piperazine rings is 1. The Bertz CT molecular complexity index is 1030. The van der Waals surface area contributed by atoms with Gasteiger partial charge in [-0.05, 0) is 50.5 Å². The summed E-state index contributed by atoms with van der Waals surface area (Å²) < 4.78 is 52.1. The molecule has 1 heterocycles. The Morgan fingerprint density at radius 2 is 1.61 bits per heavy atom. The fourth-order valence-corrected chi connectivity index (χ4v) is 3.81. The summed E-state index contributed by atoms with van der Waals surface area (Å²) in [5, 5.41) is 2.56. The first kappa shape index (κ1) is 27.2. The van der Waals surface area contributed by atoms with E-state index in [0.29, 0.717) is 5.56 Å². The standard InChI is InChI=1S/C26H32F3N3O4/c1-25(2,3)36-23(33)30-12-11-19-9-10-22(21(17-19)26(27,28)29)31-13-15-32(16-14-31)24(34)35-18-20-7-5-4-6-8-20/h4-10,17H,11-16,18H2,1-3H3,(H,30,33). The molecule has 0 bridgehead atoms. The summed E-state index contributed by atoms with van der Waals surface area (Å²) in [5.74, 6) is 0. The molecule has 1 N–H and O–H groups in total. The van der Waals surface area contributed by atoms with Crippen LogP contribution >= 0.6 is 0 Å². The summed E-state index contributed by atoms with van der Waals surface area (Å²) in [4.78, 5) is 27.3. The molecule has 0 saturated carbocycles. The van der Waals surface area contributed by atoms with Crippen molar-refractivity contribution in [1.82, 2.24) is 10.2 Å². The number of nitrogens with zero attached hydrogens (tertiary/aromatic N) is 2. The smallest absolute Gasteiger partial charge is 0.418 e. The summed E-state index contributed by atoms with van der Waals surface area (Å²) in [5.41, 5.74) is -0.00957. The van der Waals surface area contributed by atoms with Crippen molar-refractivity contribution in [1.29, 1.82) is 0 Å². The van der Waals surface area contributed by atoms with Gasteiger partial charge in [0, 0.05) is 38.4 Å². The van der Waals surface area contributed by atoms with Crippen molar-refractivity contribution in [2.24, 2.45) is 0 Å². The Hall–Kier alpha value is -3.43. The second kappa shape index (κ2) is 11.5. The topological polar surface area (TPSA) is 71.1 Å². The molecule has 0 aromatic heterocycles. The number of carbonyl (C=O) groups excluding carboxylic acids is 2. The van der Waals surface area contributed by atoms with E-state index in [4.69, 9.17) is 9.47 Å². The Morgan fingerprint density at radius 3 is 2.22 bits per heavy atom. The largest absolute Gasteiger partial charge is 0.445 e. The lowest BCUT2D eigenvalue weighted by molar-refractivity contribution is -0.137. The van der Waals surface area contributed by atoms with Gasteiger partial charge in [-0.25, -0.2) is 9.59 Å². The van der Waals surface area contributed by atoms with E-state index in [9.17, 15) is 22.8 Å². The first-order valence-electron chi connectivity index (χ1n) is 11.8. The number of ether oxygens (including phenoxy) is 2. The van der Waals surface area contributed by atoms with Crippen LogP contribution in [0.1, 0.15) is 37.5 Å². The third-order valence-corrected chi connectivity index (χ3v) is 5.53. The fraction of sp³-hybridized carbons (Fsp3) is 0.462. The second-order valence-corrected chi connectivity index (χ2v) is 9.54. The van der Waals surface area contributed by atoms with Crippen LogP contribution in [0.15, 0.2) is 48.5 Å². The van der Waals surface area contributed by atoms with Gasteiger partial charge >= 0.3 is 18.4 Å². The van der Waals surface area contributed by atoms with Crippen LogP contribution < -0.4 is 10.2 Å². The molecule has 1 aliphatic rings. The van der Waals surface area contributed by atoms with E-state index >= 15 is 0 Å². The Morgan fingerprint density at radius 1 is 0.944 bits per heavy atom. The van der Waals surface area contributed by atoms with E-state index in [-0.39, 0.29) is 51.4 Å². The zero-order chi connectivity index (χ0) is 26.3. The van der Waals surface area contributed by atoms with Crippen LogP contribution in [0.5, 0.6) is 0 Å². The lowest BCUT2D eigenvalue weighted by atomic mass is 10.0. The van der Waals surface area contributed by atoms with Gasteiger partial charge in [0.1, 0.15) is 12.2 Å². The molecule has 1 fully saturated rings. The highest BCUT2D eigenvalue weighted by Gasteiger charge is 2.36. The van der Waals surface area contributed by atoms with Gasteiger partial charge in [-0.15, -0.1) is 0 Å². The van der Waals surface area contributed by atoms with E-state index in [1.165, 1.54) is 11.0 Å². The van der Waals surface area contributed by atoms with Gasteiger partial charge < -0.3 is 24.6 Å². The summed E-state index contributed by atoms with van der Waals surface area (Å²) in [7, 11) is 0. The molecular weight excluding hydrogens is 475 g/mol. The van der Waals surface area contributed by atoms with Crippen molar-refractivity contribution in [3.05, 3.63) is 65.2 Å². The Balaban J connectivity index is 1.57. The van der Waals surface area contributed by atoms with Gasteiger partial charge in [0.25, 0.3) is 0 Å². The number of hydrogen-bond donors (Lipinski definition) is 1. The minimum absolute atomic E-state index is 0.0728. The van der Waals surface area contributed by atoms with Crippen LogP contribution in [0.25, 0.3) is 0 Å². The molecule has 196 valence electrons. The number of amides is 2. The summed E-state index contributed by atoms with van der Waals surface area (Å²) in [6.07, 6.45) is -5.42. The zero-order valence-electron chi connectivity index (χ0n) is 20.7. The second-order valence-electron chi connectivity index (χ2n) is 9.54. The highest BCUT2D eigenvalue weighted by atomic mass is 19.4. The zero-order valence-corrected chi connectivity index (χ0v) is 20.7. The molecule has 0 unspecified atom stereocenters. The molecular formula is C26H32F3N3O4. The van der Waals surface area contributed by atoms with E-state index in [1.807, 2.05) is 30.3 Å². The monoisotopic (exact) mass is 507 g/mol. The van der Waals surface area contributed by atoms with Crippen LogP contribution in [0.2, 0.25) is 0 Å². The highest BCUT2D eigenvalue weighted by Crippen LogP contribution is 2.37. The number of halogens is 3. The van der Waals surface area contributed by atoms with Gasteiger partial charge in [-0.2, -0.15) is 13.2 Å². The van der Waals surface area contributed by atoms with Crippen LogP contribution in [0, 0.1) is 0 Å². The quantitative estimate of drug-likeness (QED) is 0.580. The molecule has 1 aliphatic heterocycles. The van der Waals surface area contributed by atoms with Crippen LogP contribution in [0.3, 0.4) is 0 Å². The molecule has 10 heteroatoms. The number of nitrogens with one attached hydrogen (secondary N) is 1. The van der Waals surface area contributed by atoms with E-state index < -0.39 is 29.5 Å². The molecule has 2 aromatic carbocycles. The van der Waals surface area contributed by atoms with Gasteiger partial charge in [0.05, 0.1) is 5.56 Å². The lowest BCUT2D eigenvalue weighted by Crippen LogP contribution is -2.49. The third-order valence-electron chi connectivity index (χ3n) is 5.53. The maximum Gasteiger partial charge on any atom is 0.418 e. The van der Waals surface area contributed by atoms with Crippen molar-refractivity contribution >= 4 is 17.9 Å². The van der Waals surface area contributed by atoms with Crippen molar-refractivity contribution in [2.45, 2.75) is 45.6 Å². The van der Waals surface area contributed by atoms with Crippen LogP contribution in [0.4, 0.5) is 28.4 Å². The van der Waals surface area contributed by atoms with Crippen LogP contribution in [-0.4, -0.2) is 55.4 Å². The van der Waals surface area contributed by atoms with Gasteiger partial charge in [0.15, 0.2) is 0 Å².